The molecule has 0 bridgehead atoms. The van der Waals surface area contributed by atoms with E-state index in [-0.39, 0.29) is 30.4 Å². The number of halogens is 3. The van der Waals surface area contributed by atoms with E-state index in [9.17, 15) is 22.8 Å². The molecule has 2 N–H and O–H groups in total. The number of para-hydroxylation sites is 2. The van der Waals surface area contributed by atoms with Gasteiger partial charge in [0.1, 0.15) is 0 Å². The van der Waals surface area contributed by atoms with Crippen LogP contribution in [0.4, 0.5) is 19.1 Å². The summed E-state index contributed by atoms with van der Waals surface area (Å²) in [6, 6.07) is 12.2. The molecule has 0 atom stereocenters. The van der Waals surface area contributed by atoms with E-state index in [1.165, 1.54) is 16.7 Å². The van der Waals surface area contributed by atoms with E-state index in [0.717, 1.165) is 17.6 Å². The van der Waals surface area contributed by atoms with E-state index in [4.69, 9.17) is 0 Å². The predicted molar refractivity (Wildman–Crippen MR) is 132 cm³/mol. The predicted octanol–water partition coefficient (Wildman–Crippen LogP) is 4.36. The molecule has 0 spiro atoms. The lowest BCUT2D eigenvalue weighted by molar-refractivity contribution is -0.137. The van der Waals surface area contributed by atoms with Gasteiger partial charge in [-0.2, -0.15) is 13.2 Å². The van der Waals surface area contributed by atoms with Gasteiger partial charge in [-0.05, 0) is 36.2 Å². The number of carbonyl (C=O) groups is 1. The zero-order chi connectivity index (χ0) is 26.2. The first-order valence-electron chi connectivity index (χ1n) is 12.0. The smallest absolute Gasteiger partial charge is 0.351 e. The Morgan fingerprint density at radius 3 is 2.57 bits per heavy atom. The van der Waals surface area contributed by atoms with Gasteiger partial charge in [0, 0.05) is 26.1 Å². The molecule has 4 aromatic rings. The van der Waals surface area contributed by atoms with E-state index in [2.05, 4.69) is 20.3 Å². The summed E-state index contributed by atoms with van der Waals surface area (Å²) in [7, 11) is 0. The number of rotatable bonds is 6. The van der Waals surface area contributed by atoms with Crippen LogP contribution in [0, 0.1) is 0 Å². The molecule has 8 nitrogen and oxygen atoms in total. The second-order valence-electron chi connectivity index (χ2n) is 8.94. The molecular weight excluding hydrogens is 485 g/mol. The number of anilines is 1. The average molecular weight is 511 g/mol. The topological polar surface area (TPSA) is 95.9 Å². The van der Waals surface area contributed by atoms with Crippen molar-refractivity contribution < 1.29 is 18.0 Å². The number of hydrogen-bond acceptors (Lipinski definition) is 5. The summed E-state index contributed by atoms with van der Waals surface area (Å²) < 4.78 is 40.1. The Morgan fingerprint density at radius 1 is 1.11 bits per heavy atom. The Morgan fingerprint density at radius 2 is 1.86 bits per heavy atom. The molecule has 37 heavy (non-hydrogen) atoms. The second kappa shape index (κ2) is 9.72. The van der Waals surface area contributed by atoms with Gasteiger partial charge in [-0.15, -0.1) is 0 Å². The first-order chi connectivity index (χ1) is 17.7. The monoisotopic (exact) mass is 510 g/mol. The van der Waals surface area contributed by atoms with Crippen LogP contribution in [0.15, 0.2) is 53.3 Å². The highest BCUT2D eigenvalue weighted by Crippen LogP contribution is 2.29. The van der Waals surface area contributed by atoms with Crippen molar-refractivity contribution in [1.82, 2.24) is 24.4 Å². The number of carbonyl (C=O) groups excluding carboxylic acids is 1. The van der Waals surface area contributed by atoms with Crippen LogP contribution >= 0.6 is 0 Å². The third kappa shape index (κ3) is 4.93. The van der Waals surface area contributed by atoms with Crippen LogP contribution < -0.4 is 10.9 Å². The van der Waals surface area contributed by atoms with Gasteiger partial charge >= 0.3 is 6.18 Å². The Balaban J connectivity index is 1.37. The van der Waals surface area contributed by atoms with E-state index in [1.54, 1.807) is 4.90 Å². The molecule has 0 fully saturated rings. The van der Waals surface area contributed by atoms with E-state index >= 15 is 0 Å². The van der Waals surface area contributed by atoms with Crippen LogP contribution in [0.1, 0.15) is 46.3 Å². The van der Waals surface area contributed by atoms with Crippen molar-refractivity contribution >= 4 is 22.9 Å². The SMILES string of the molecule is CCCn1c(NCc2ccc(C(F)(F)F)cc2)nc2c(c1=O)CN(C(=O)c1nc3ccccc3[nH]1)CC2. The van der Waals surface area contributed by atoms with Gasteiger partial charge in [0.15, 0.2) is 5.82 Å². The van der Waals surface area contributed by atoms with Crippen LogP contribution in [-0.2, 0) is 32.2 Å². The lowest BCUT2D eigenvalue weighted by atomic mass is 10.1. The summed E-state index contributed by atoms with van der Waals surface area (Å²) in [6.07, 6.45) is -3.32. The number of benzene rings is 2. The Kier molecular flexibility index (Phi) is 6.45. The molecule has 192 valence electrons. The number of nitrogens with zero attached hydrogens (tertiary/aromatic N) is 4. The first kappa shape index (κ1) is 24.5. The normalized spacial score (nSPS) is 13.6. The molecule has 0 saturated heterocycles. The molecule has 0 aliphatic carbocycles. The van der Waals surface area contributed by atoms with Crippen LogP contribution in [-0.4, -0.2) is 36.9 Å². The number of aromatic amines is 1. The van der Waals surface area contributed by atoms with Gasteiger partial charge in [-0.25, -0.2) is 9.97 Å². The number of alkyl halides is 3. The fourth-order valence-electron chi connectivity index (χ4n) is 4.45. The van der Waals surface area contributed by atoms with Gasteiger partial charge in [0.05, 0.1) is 34.4 Å². The van der Waals surface area contributed by atoms with Gasteiger partial charge in [-0.1, -0.05) is 31.2 Å². The molecule has 3 heterocycles. The van der Waals surface area contributed by atoms with Crippen LogP contribution in [0.2, 0.25) is 0 Å². The van der Waals surface area contributed by atoms with Crippen LogP contribution in [0.5, 0.6) is 0 Å². The molecule has 5 rings (SSSR count). The number of hydrogen-bond donors (Lipinski definition) is 2. The van der Waals surface area contributed by atoms with Gasteiger partial charge in [0.2, 0.25) is 5.95 Å². The first-order valence-corrected chi connectivity index (χ1v) is 12.0. The van der Waals surface area contributed by atoms with Crippen LogP contribution in [0.25, 0.3) is 11.0 Å². The van der Waals surface area contributed by atoms with Crippen molar-refractivity contribution in [2.75, 3.05) is 11.9 Å². The molecule has 1 amide bonds. The highest BCUT2D eigenvalue weighted by molar-refractivity contribution is 5.94. The standard InChI is InChI=1S/C26H25F3N6O2/c1-2-12-35-23(36)18-15-34(24(37)22-31-20-5-3-4-6-21(20)32-22)13-11-19(18)33-25(35)30-14-16-7-9-17(10-8-16)26(27,28)29/h3-10H,2,11-15H2,1H3,(H,30,33)(H,31,32). The Labute approximate surface area is 210 Å². The summed E-state index contributed by atoms with van der Waals surface area (Å²) in [4.78, 5) is 40.3. The number of aromatic nitrogens is 4. The number of fused-ring (bicyclic) bond motifs is 2. The molecule has 0 saturated carbocycles. The third-order valence-corrected chi connectivity index (χ3v) is 6.37. The molecule has 1 aliphatic rings. The zero-order valence-electron chi connectivity index (χ0n) is 20.1. The van der Waals surface area contributed by atoms with Crippen molar-refractivity contribution in [3.63, 3.8) is 0 Å². The highest BCUT2D eigenvalue weighted by atomic mass is 19.4. The number of nitrogens with one attached hydrogen (secondary N) is 2. The summed E-state index contributed by atoms with van der Waals surface area (Å²) in [5, 5.41) is 3.11. The lowest BCUT2D eigenvalue weighted by Gasteiger charge is -2.28. The molecule has 1 aliphatic heterocycles. The van der Waals surface area contributed by atoms with Crippen molar-refractivity contribution in [3.05, 3.63) is 87.1 Å². The number of H-pyrrole nitrogens is 1. The van der Waals surface area contributed by atoms with Gasteiger partial charge < -0.3 is 15.2 Å². The number of imidazole rings is 1. The summed E-state index contributed by atoms with van der Waals surface area (Å²) >= 11 is 0. The molecular formula is C26H25F3N6O2. The molecule has 11 heteroatoms. The fraction of sp³-hybridized carbons (Fsp3) is 0.308. The van der Waals surface area contributed by atoms with Gasteiger partial charge in [0.25, 0.3) is 11.5 Å². The quantitative estimate of drug-likeness (QED) is 0.402. The van der Waals surface area contributed by atoms with Gasteiger partial charge in [-0.3, -0.25) is 14.2 Å². The van der Waals surface area contributed by atoms with E-state index in [0.29, 0.717) is 54.2 Å². The maximum absolute atomic E-state index is 13.4. The minimum Gasteiger partial charge on any atom is -0.351 e. The molecule has 2 aromatic heterocycles. The summed E-state index contributed by atoms with van der Waals surface area (Å²) in [6.45, 7) is 3.06. The maximum Gasteiger partial charge on any atom is 0.416 e. The molecule has 0 unspecified atom stereocenters. The summed E-state index contributed by atoms with van der Waals surface area (Å²) in [5.74, 6) is 0.302. The van der Waals surface area contributed by atoms with Crippen molar-refractivity contribution in [2.45, 2.75) is 45.6 Å². The largest absolute Gasteiger partial charge is 0.416 e. The molecule has 0 radical (unpaired) electrons. The van der Waals surface area contributed by atoms with Crippen molar-refractivity contribution in [1.29, 1.82) is 0 Å². The maximum atomic E-state index is 13.4. The number of amides is 1. The zero-order valence-corrected chi connectivity index (χ0v) is 20.1. The third-order valence-electron chi connectivity index (χ3n) is 6.37. The minimum absolute atomic E-state index is 0.125. The Bertz CT molecular complexity index is 1470. The average Bonchev–Trinajstić information content (AvgIpc) is 3.33. The second-order valence-corrected chi connectivity index (χ2v) is 8.94. The van der Waals surface area contributed by atoms with Crippen molar-refractivity contribution in [3.8, 4) is 0 Å². The summed E-state index contributed by atoms with van der Waals surface area (Å²) in [5.41, 5.74) is 2.21. The molecule has 2 aromatic carbocycles. The highest BCUT2D eigenvalue weighted by Gasteiger charge is 2.30. The fourth-order valence-corrected chi connectivity index (χ4v) is 4.45. The van der Waals surface area contributed by atoms with Crippen molar-refractivity contribution in [2.24, 2.45) is 0 Å². The Hall–Kier alpha value is -4.15. The lowest BCUT2D eigenvalue weighted by Crippen LogP contribution is -2.42. The van der Waals surface area contributed by atoms with E-state index in [1.807, 2.05) is 31.2 Å². The van der Waals surface area contributed by atoms with E-state index < -0.39 is 11.7 Å². The van der Waals surface area contributed by atoms with Crippen LogP contribution in [0.3, 0.4) is 0 Å². The minimum atomic E-state index is -4.40.